The van der Waals surface area contributed by atoms with Crippen LogP contribution in [0.3, 0.4) is 0 Å². The molecule has 0 N–H and O–H groups in total. The van der Waals surface area contributed by atoms with E-state index in [1.54, 1.807) is 0 Å². The minimum Gasteiger partial charge on any atom is -0.748 e. The van der Waals surface area contributed by atoms with Gasteiger partial charge in [-0.2, -0.15) is 0 Å². The van der Waals surface area contributed by atoms with E-state index in [1.165, 1.54) is 15.9 Å². The Labute approximate surface area is 150 Å². The van der Waals surface area contributed by atoms with Crippen LogP contribution in [-0.4, -0.2) is 25.9 Å². The SMILES string of the molecule is CS(=O)(=O)[O-].C[P+](c1ccccc1)(c1ccccc1)c1ccccc1. The first-order valence-electron chi connectivity index (χ1n) is 7.76. The van der Waals surface area contributed by atoms with E-state index in [2.05, 4.69) is 97.7 Å². The standard InChI is InChI=1S/C19H18P.CH4O3S/c1-20(17-11-5-2-6-12-17,18-13-7-3-8-14-18)19-15-9-4-10-16-19;1-5(2,3)4/h2-16H,1H3;1H3,(H,2,3,4)/q+1;/p-1. The highest BCUT2D eigenvalue weighted by Gasteiger charge is 2.39. The molecule has 0 aliphatic heterocycles. The summed E-state index contributed by atoms with van der Waals surface area (Å²) in [5.74, 6) is 0. The minimum atomic E-state index is -3.92. The van der Waals surface area contributed by atoms with E-state index in [4.69, 9.17) is 13.0 Å². The fraction of sp³-hybridized carbons (Fsp3) is 0.100. The highest BCUT2D eigenvalue weighted by atomic mass is 32.2. The van der Waals surface area contributed by atoms with Gasteiger partial charge in [-0.25, -0.2) is 8.42 Å². The Morgan fingerprint density at radius 3 is 1.04 bits per heavy atom. The second-order valence-electron chi connectivity index (χ2n) is 5.72. The molecule has 3 aromatic rings. The molecule has 0 saturated carbocycles. The van der Waals surface area contributed by atoms with Crippen molar-refractivity contribution in [3.8, 4) is 0 Å². The molecule has 0 spiro atoms. The molecule has 0 fully saturated rings. The van der Waals surface area contributed by atoms with E-state index in [-0.39, 0.29) is 0 Å². The largest absolute Gasteiger partial charge is 0.748 e. The lowest BCUT2D eigenvalue weighted by atomic mass is 10.4. The Morgan fingerprint density at radius 2 is 0.840 bits per heavy atom. The van der Waals surface area contributed by atoms with Crippen LogP contribution in [0.15, 0.2) is 91.0 Å². The zero-order chi connectivity index (χ0) is 18.3. The van der Waals surface area contributed by atoms with E-state index < -0.39 is 17.4 Å². The first kappa shape index (κ1) is 19.3. The third-order valence-corrected chi connectivity index (χ3v) is 7.81. The van der Waals surface area contributed by atoms with E-state index in [0.717, 1.165) is 0 Å². The van der Waals surface area contributed by atoms with Crippen LogP contribution in [0.25, 0.3) is 0 Å². The van der Waals surface area contributed by atoms with Gasteiger partial charge in [0.15, 0.2) is 0 Å². The molecule has 0 aromatic heterocycles. The first-order valence-corrected chi connectivity index (χ1v) is 11.8. The van der Waals surface area contributed by atoms with Gasteiger partial charge >= 0.3 is 0 Å². The molecule has 3 rings (SSSR count). The van der Waals surface area contributed by atoms with E-state index >= 15 is 0 Å². The monoisotopic (exact) mass is 372 g/mol. The summed E-state index contributed by atoms with van der Waals surface area (Å²) < 4.78 is 27.2. The van der Waals surface area contributed by atoms with Crippen LogP contribution >= 0.6 is 7.26 Å². The van der Waals surface area contributed by atoms with Crippen LogP contribution in [0, 0.1) is 0 Å². The van der Waals surface area contributed by atoms with E-state index in [9.17, 15) is 0 Å². The summed E-state index contributed by atoms with van der Waals surface area (Å²) in [5.41, 5.74) is 0. The van der Waals surface area contributed by atoms with Crippen molar-refractivity contribution in [2.24, 2.45) is 0 Å². The maximum atomic E-state index is 9.08. The number of benzene rings is 3. The van der Waals surface area contributed by atoms with Gasteiger partial charge in [-0.15, -0.1) is 0 Å². The maximum Gasteiger partial charge on any atom is 0.109 e. The third-order valence-electron chi connectivity index (χ3n) is 3.82. The zero-order valence-electron chi connectivity index (χ0n) is 14.2. The topological polar surface area (TPSA) is 57.2 Å². The summed E-state index contributed by atoms with van der Waals surface area (Å²) in [5, 5.41) is 4.28. The third kappa shape index (κ3) is 5.50. The molecule has 0 heterocycles. The van der Waals surface area contributed by atoms with E-state index in [1.807, 2.05) is 0 Å². The molecular formula is C20H21O3PS. The Kier molecular flexibility index (Phi) is 6.49. The van der Waals surface area contributed by atoms with Gasteiger partial charge in [-0.05, 0) is 36.4 Å². The van der Waals surface area contributed by atoms with Crippen LogP contribution in [0.2, 0.25) is 0 Å². The fourth-order valence-electron chi connectivity index (χ4n) is 2.63. The Bertz CT molecular complexity index is 775. The molecule has 25 heavy (non-hydrogen) atoms. The number of hydrogen-bond acceptors (Lipinski definition) is 3. The average molecular weight is 372 g/mol. The van der Waals surface area contributed by atoms with Gasteiger partial charge in [0.2, 0.25) is 0 Å². The van der Waals surface area contributed by atoms with Crippen LogP contribution in [0.4, 0.5) is 0 Å². The predicted molar refractivity (Wildman–Crippen MR) is 107 cm³/mol. The normalized spacial score (nSPS) is 11.3. The zero-order valence-corrected chi connectivity index (χ0v) is 16.0. The lowest BCUT2D eigenvalue weighted by molar-refractivity contribution is 0.470. The van der Waals surface area contributed by atoms with Crippen molar-refractivity contribution in [2.75, 3.05) is 12.9 Å². The molecule has 0 saturated heterocycles. The van der Waals surface area contributed by atoms with Crippen molar-refractivity contribution in [1.82, 2.24) is 0 Å². The Hall–Kier alpha value is -2.00. The summed E-state index contributed by atoms with van der Waals surface area (Å²) in [6.45, 7) is 2.41. The van der Waals surface area contributed by atoms with Gasteiger partial charge < -0.3 is 4.55 Å². The van der Waals surface area contributed by atoms with Crippen molar-refractivity contribution >= 4 is 33.3 Å². The average Bonchev–Trinajstić information content (AvgIpc) is 2.62. The summed E-state index contributed by atoms with van der Waals surface area (Å²) in [6.07, 6.45) is 0.604. The predicted octanol–water partition coefficient (Wildman–Crippen LogP) is 2.77. The fourth-order valence-corrected chi connectivity index (χ4v) is 5.83. The number of rotatable bonds is 3. The molecule has 5 heteroatoms. The lowest BCUT2D eigenvalue weighted by Gasteiger charge is -2.22. The van der Waals surface area contributed by atoms with Gasteiger partial charge in [0.25, 0.3) is 0 Å². The lowest BCUT2D eigenvalue weighted by Crippen LogP contribution is -2.30. The molecule has 0 radical (unpaired) electrons. The second-order valence-corrected chi connectivity index (χ2v) is 10.7. The molecule has 0 aliphatic carbocycles. The van der Waals surface area contributed by atoms with Crippen LogP contribution in [0.1, 0.15) is 0 Å². The number of hydrogen-bond donors (Lipinski definition) is 0. The smallest absolute Gasteiger partial charge is 0.109 e. The minimum absolute atomic E-state index is 0.604. The molecule has 0 bridgehead atoms. The van der Waals surface area contributed by atoms with E-state index in [0.29, 0.717) is 6.26 Å². The van der Waals surface area contributed by atoms with Gasteiger partial charge in [0.1, 0.15) is 23.2 Å². The molecule has 0 unspecified atom stereocenters. The van der Waals surface area contributed by atoms with Gasteiger partial charge in [0, 0.05) is 6.26 Å². The summed E-state index contributed by atoms with van der Waals surface area (Å²) >= 11 is 0. The van der Waals surface area contributed by atoms with Crippen molar-refractivity contribution in [1.29, 1.82) is 0 Å². The Balaban J connectivity index is 0.000000399. The van der Waals surface area contributed by atoms with Gasteiger partial charge in [0.05, 0.1) is 16.8 Å². The summed E-state index contributed by atoms with van der Waals surface area (Å²) in [4.78, 5) is 0. The first-order chi connectivity index (χ1) is 11.8. The molecule has 3 nitrogen and oxygen atoms in total. The highest BCUT2D eigenvalue weighted by molar-refractivity contribution is 7.95. The summed E-state index contributed by atoms with van der Waals surface area (Å²) in [6, 6.07) is 32.6. The van der Waals surface area contributed by atoms with Crippen LogP contribution < -0.4 is 15.9 Å². The van der Waals surface area contributed by atoms with Gasteiger partial charge in [-0.1, -0.05) is 54.6 Å². The van der Waals surface area contributed by atoms with Crippen molar-refractivity contribution in [2.45, 2.75) is 0 Å². The molecular weight excluding hydrogens is 351 g/mol. The van der Waals surface area contributed by atoms with Crippen LogP contribution in [-0.2, 0) is 10.1 Å². The van der Waals surface area contributed by atoms with Crippen molar-refractivity contribution in [3.05, 3.63) is 91.0 Å². The molecule has 3 aromatic carbocycles. The second kappa shape index (κ2) is 8.39. The highest BCUT2D eigenvalue weighted by Crippen LogP contribution is 2.51. The summed E-state index contributed by atoms with van der Waals surface area (Å²) in [7, 11) is -5.44. The quantitative estimate of drug-likeness (QED) is 0.525. The molecule has 0 amide bonds. The molecule has 0 atom stereocenters. The van der Waals surface area contributed by atoms with Gasteiger partial charge in [-0.3, -0.25) is 0 Å². The van der Waals surface area contributed by atoms with Crippen LogP contribution in [0.5, 0.6) is 0 Å². The molecule has 0 aliphatic rings. The van der Waals surface area contributed by atoms with Crippen molar-refractivity contribution < 1.29 is 13.0 Å². The molecule has 130 valence electrons. The maximum absolute atomic E-state index is 9.08. The van der Waals surface area contributed by atoms with Crippen molar-refractivity contribution in [3.63, 3.8) is 0 Å². The Morgan fingerprint density at radius 1 is 0.640 bits per heavy atom.